The Morgan fingerprint density at radius 2 is 1.92 bits per heavy atom. The maximum absolute atomic E-state index is 12.8. The molecule has 0 bridgehead atoms. The summed E-state index contributed by atoms with van der Waals surface area (Å²) < 4.78 is 5.23. The van der Waals surface area contributed by atoms with Crippen LogP contribution in [-0.4, -0.2) is 51.9 Å². The second kappa shape index (κ2) is 7.09. The molecule has 2 amide bonds. The fourth-order valence-electron chi connectivity index (χ4n) is 2.50. The molecule has 132 valence electrons. The van der Waals surface area contributed by atoms with Gasteiger partial charge in [0.25, 0.3) is 0 Å². The third-order valence-corrected chi connectivity index (χ3v) is 3.61. The number of hydrogen-bond donors (Lipinski definition) is 3. The topological polar surface area (TPSA) is 99.1 Å². The highest BCUT2D eigenvalue weighted by Crippen LogP contribution is 2.22. The van der Waals surface area contributed by atoms with Gasteiger partial charge in [-0.3, -0.25) is 4.79 Å². The first-order valence-electron chi connectivity index (χ1n) is 7.91. The van der Waals surface area contributed by atoms with E-state index in [0.29, 0.717) is 18.5 Å². The van der Waals surface area contributed by atoms with Gasteiger partial charge in [-0.1, -0.05) is 12.1 Å². The van der Waals surface area contributed by atoms with Crippen LogP contribution in [0.3, 0.4) is 0 Å². The molecular weight excluding hydrogens is 312 g/mol. The molecule has 3 N–H and O–H groups in total. The lowest BCUT2D eigenvalue weighted by Gasteiger charge is -2.26. The molecule has 7 heteroatoms. The first-order chi connectivity index (χ1) is 11.2. The molecule has 7 nitrogen and oxygen atoms in total. The number of benzene rings is 1. The van der Waals surface area contributed by atoms with E-state index >= 15 is 0 Å². The number of aliphatic hydroxyl groups excluding tert-OH is 1. The Balaban J connectivity index is 2.19. The number of likely N-dealkylation sites (tertiary alicyclic amines) is 1. The third kappa shape index (κ3) is 4.86. The Hall–Kier alpha value is -2.28. The summed E-state index contributed by atoms with van der Waals surface area (Å²) in [5.41, 5.74) is -0.152. The first-order valence-corrected chi connectivity index (χ1v) is 7.91. The summed E-state index contributed by atoms with van der Waals surface area (Å²) in [5.74, 6) is -0.248. The molecule has 0 aromatic heterocycles. The van der Waals surface area contributed by atoms with Gasteiger partial charge in [0.2, 0.25) is 5.91 Å². The van der Waals surface area contributed by atoms with E-state index in [2.05, 4.69) is 5.32 Å². The number of nitrogens with one attached hydrogen (secondary N) is 1. The monoisotopic (exact) mass is 336 g/mol. The van der Waals surface area contributed by atoms with Crippen LogP contribution in [0, 0.1) is 0 Å². The molecule has 1 aliphatic rings. The van der Waals surface area contributed by atoms with Gasteiger partial charge < -0.3 is 25.2 Å². The summed E-state index contributed by atoms with van der Waals surface area (Å²) in [5, 5.41) is 21.6. The molecular formula is C17H24N2O5. The number of aromatic hydroxyl groups is 1. The number of alkyl carbamates (subject to hydrolysis) is 1. The van der Waals surface area contributed by atoms with Gasteiger partial charge in [-0.2, -0.15) is 0 Å². The number of hydrogen-bond acceptors (Lipinski definition) is 5. The van der Waals surface area contributed by atoms with Crippen LogP contribution in [0.25, 0.3) is 0 Å². The van der Waals surface area contributed by atoms with E-state index in [1.165, 1.54) is 17.0 Å². The van der Waals surface area contributed by atoms with Crippen molar-refractivity contribution in [1.29, 1.82) is 0 Å². The van der Waals surface area contributed by atoms with Gasteiger partial charge in [0.15, 0.2) is 0 Å². The minimum Gasteiger partial charge on any atom is -0.508 e. The molecule has 0 spiro atoms. The number of carbonyl (C=O) groups is 2. The second-order valence-corrected chi connectivity index (χ2v) is 6.90. The normalized spacial score (nSPS) is 19.0. The zero-order valence-electron chi connectivity index (χ0n) is 14.2. The zero-order valence-corrected chi connectivity index (χ0v) is 14.2. The van der Waals surface area contributed by atoms with Crippen molar-refractivity contribution in [3.8, 4) is 5.75 Å². The predicted octanol–water partition coefficient (Wildman–Crippen LogP) is 1.55. The van der Waals surface area contributed by atoms with Crippen LogP contribution in [0.15, 0.2) is 24.3 Å². The van der Waals surface area contributed by atoms with Crippen molar-refractivity contribution >= 4 is 12.0 Å². The number of amides is 2. The van der Waals surface area contributed by atoms with Gasteiger partial charge in [0.05, 0.1) is 6.10 Å². The van der Waals surface area contributed by atoms with Crippen molar-refractivity contribution in [3.05, 3.63) is 29.8 Å². The summed E-state index contributed by atoms with van der Waals surface area (Å²) in [7, 11) is 0. The molecule has 0 radical (unpaired) electrons. The van der Waals surface area contributed by atoms with Crippen LogP contribution in [0.2, 0.25) is 0 Å². The first kappa shape index (κ1) is 18.1. The average Bonchev–Trinajstić information content (AvgIpc) is 2.90. The van der Waals surface area contributed by atoms with E-state index < -0.39 is 23.8 Å². The summed E-state index contributed by atoms with van der Waals surface area (Å²) in [6.45, 7) is 5.89. The van der Waals surface area contributed by atoms with Crippen LogP contribution >= 0.6 is 0 Å². The number of β-amino-alcohol motifs (C(OH)–C–C–N with tert-alkyl or cyclic N) is 1. The molecule has 2 rings (SSSR count). The van der Waals surface area contributed by atoms with E-state index in [-0.39, 0.29) is 18.2 Å². The second-order valence-electron chi connectivity index (χ2n) is 6.90. The number of aliphatic hydroxyl groups is 1. The fraction of sp³-hybridized carbons (Fsp3) is 0.529. The highest BCUT2D eigenvalue weighted by molar-refractivity contribution is 5.87. The van der Waals surface area contributed by atoms with Gasteiger partial charge >= 0.3 is 6.09 Å². The SMILES string of the molecule is CC(C)(C)OC(=O)NC(C(=O)N1CCC(O)C1)c1ccc(O)cc1. The number of ether oxygens (including phenoxy) is 1. The molecule has 1 heterocycles. The van der Waals surface area contributed by atoms with Gasteiger partial charge in [0, 0.05) is 13.1 Å². The maximum atomic E-state index is 12.8. The lowest BCUT2D eigenvalue weighted by molar-refractivity contribution is -0.133. The smallest absolute Gasteiger partial charge is 0.408 e. The quantitative estimate of drug-likeness (QED) is 0.778. The van der Waals surface area contributed by atoms with Crippen molar-refractivity contribution in [3.63, 3.8) is 0 Å². The Kier molecular flexibility index (Phi) is 5.33. The largest absolute Gasteiger partial charge is 0.508 e. The van der Waals surface area contributed by atoms with Crippen molar-refractivity contribution in [2.24, 2.45) is 0 Å². The van der Waals surface area contributed by atoms with Crippen molar-refractivity contribution < 1.29 is 24.5 Å². The number of phenols is 1. The van der Waals surface area contributed by atoms with Crippen LogP contribution in [0.1, 0.15) is 38.8 Å². The molecule has 0 saturated carbocycles. The molecule has 2 unspecified atom stereocenters. The average molecular weight is 336 g/mol. The highest BCUT2D eigenvalue weighted by atomic mass is 16.6. The van der Waals surface area contributed by atoms with E-state index in [9.17, 15) is 19.8 Å². The van der Waals surface area contributed by atoms with Crippen LogP contribution in [-0.2, 0) is 9.53 Å². The summed E-state index contributed by atoms with van der Waals surface area (Å²) >= 11 is 0. The maximum Gasteiger partial charge on any atom is 0.408 e. The minimum absolute atomic E-state index is 0.0683. The Morgan fingerprint density at radius 1 is 1.29 bits per heavy atom. The van der Waals surface area contributed by atoms with Crippen LogP contribution in [0.5, 0.6) is 5.75 Å². The van der Waals surface area contributed by atoms with Crippen molar-refractivity contribution in [2.45, 2.75) is 44.9 Å². The lowest BCUT2D eigenvalue weighted by Crippen LogP contribution is -2.44. The fourth-order valence-corrected chi connectivity index (χ4v) is 2.50. The van der Waals surface area contributed by atoms with E-state index in [4.69, 9.17) is 4.74 Å². The lowest BCUT2D eigenvalue weighted by atomic mass is 10.1. The Bertz CT molecular complexity index is 594. The zero-order chi connectivity index (χ0) is 17.9. The molecule has 1 aromatic carbocycles. The number of nitrogens with zero attached hydrogens (tertiary/aromatic N) is 1. The molecule has 1 aromatic rings. The molecule has 0 aliphatic carbocycles. The molecule has 1 fully saturated rings. The van der Waals surface area contributed by atoms with Gasteiger partial charge in [0.1, 0.15) is 17.4 Å². The van der Waals surface area contributed by atoms with Gasteiger partial charge in [-0.05, 0) is 44.9 Å². The Labute approximate surface area is 141 Å². The Morgan fingerprint density at radius 3 is 2.42 bits per heavy atom. The van der Waals surface area contributed by atoms with E-state index in [1.807, 2.05) is 0 Å². The summed E-state index contributed by atoms with van der Waals surface area (Å²) in [4.78, 5) is 26.4. The standard InChI is InChI=1S/C17H24N2O5/c1-17(2,3)24-16(23)18-14(11-4-6-12(20)7-5-11)15(22)19-9-8-13(21)10-19/h4-7,13-14,20-21H,8-10H2,1-3H3,(H,18,23). The highest BCUT2D eigenvalue weighted by Gasteiger charge is 2.33. The molecule has 24 heavy (non-hydrogen) atoms. The summed E-state index contributed by atoms with van der Waals surface area (Å²) in [6, 6.07) is 5.10. The van der Waals surface area contributed by atoms with Gasteiger partial charge in [-0.25, -0.2) is 4.79 Å². The third-order valence-electron chi connectivity index (χ3n) is 3.61. The van der Waals surface area contributed by atoms with Crippen molar-refractivity contribution in [2.75, 3.05) is 13.1 Å². The minimum atomic E-state index is -0.939. The number of rotatable bonds is 3. The molecule has 1 aliphatic heterocycles. The van der Waals surface area contributed by atoms with Crippen LogP contribution in [0.4, 0.5) is 4.79 Å². The number of carbonyl (C=O) groups excluding carboxylic acids is 2. The number of phenolic OH excluding ortho intramolecular Hbond substituents is 1. The van der Waals surface area contributed by atoms with E-state index in [0.717, 1.165) is 0 Å². The molecule has 1 saturated heterocycles. The van der Waals surface area contributed by atoms with Crippen molar-refractivity contribution in [1.82, 2.24) is 10.2 Å². The molecule has 2 atom stereocenters. The predicted molar refractivity (Wildman–Crippen MR) is 87.4 cm³/mol. The van der Waals surface area contributed by atoms with Gasteiger partial charge in [-0.15, -0.1) is 0 Å². The van der Waals surface area contributed by atoms with E-state index in [1.54, 1.807) is 32.9 Å². The summed E-state index contributed by atoms with van der Waals surface area (Å²) in [6.07, 6.45) is -0.731. The van der Waals surface area contributed by atoms with Crippen LogP contribution < -0.4 is 5.32 Å².